The number of amides is 1. The second-order valence-electron chi connectivity index (χ2n) is 5.21. The molecule has 2 aromatic rings. The van der Waals surface area contributed by atoms with E-state index < -0.39 is 0 Å². The normalized spacial score (nSPS) is 19.5. The third-order valence-corrected chi connectivity index (χ3v) is 5.54. The lowest BCUT2D eigenvalue weighted by atomic mass is 10.1. The molecular formula is C16H19N3OS2. The zero-order valence-electron chi connectivity index (χ0n) is 12.2. The maximum atomic E-state index is 12.4. The molecule has 1 saturated heterocycles. The smallest absolute Gasteiger partial charge is 0.222 e. The van der Waals surface area contributed by atoms with Gasteiger partial charge in [0.05, 0.1) is 0 Å². The Hall–Kier alpha value is -1.37. The molecule has 1 aromatic carbocycles. The monoisotopic (exact) mass is 333 g/mol. The van der Waals surface area contributed by atoms with Crippen LogP contribution in [0.4, 0.5) is 0 Å². The van der Waals surface area contributed by atoms with Crippen molar-refractivity contribution in [1.82, 2.24) is 15.6 Å². The van der Waals surface area contributed by atoms with Crippen molar-refractivity contribution in [1.29, 1.82) is 0 Å². The van der Waals surface area contributed by atoms with Gasteiger partial charge in [0, 0.05) is 42.1 Å². The Morgan fingerprint density at radius 3 is 2.95 bits per heavy atom. The molecule has 1 aliphatic heterocycles. The lowest BCUT2D eigenvalue weighted by molar-refractivity contribution is -0.122. The largest absolute Gasteiger partial charge is 0.343 e. The minimum absolute atomic E-state index is 0.0732. The highest BCUT2D eigenvalue weighted by Gasteiger charge is 2.22. The van der Waals surface area contributed by atoms with Gasteiger partial charge in [-0.15, -0.1) is 11.3 Å². The van der Waals surface area contributed by atoms with Gasteiger partial charge >= 0.3 is 0 Å². The molecule has 1 aromatic heterocycles. The molecule has 1 fully saturated rings. The number of benzene rings is 1. The summed E-state index contributed by atoms with van der Waals surface area (Å²) in [5, 5.41) is 9.41. The molecule has 2 N–H and O–H groups in total. The highest BCUT2D eigenvalue weighted by molar-refractivity contribution is 7.99. The maximum absolute atomic E-state index is 12.4. The molecule has 0 aliphatic carbocycles. The summed E-state index contributed by atoms with van der Waals surface area (Å²) in [5.74, 6) is 2.20. The van der Waals surface area contributed by atoms with Crippen LogP contribution < -0.4 is 10.6 Å². The van der Waals surface area contributed by atoms with Gasteiger partial charge in [0.2, 0.25) is 5.91 Å². The molecule has 1 aliphatic rings. The Bertz CT molecular complexity index is 583. The topological polar surface area (TPSA) is 54.0 Å². The molecule has 3 rings (SSSR count). The van der Waals surface area contributed by atoms with Crippen molar-refractivity contribution in [3.8, 4) is 0 Å². The summed E-state index contributed by atoms with van der Waals surface area (Å²) in [4.78, 5) is 16.8. The van der Waals surface area contributed by atoms with Gasteiger partial charge in [-0.2, -0.15) is 11.8 Å². The number of nitrogens with zero attached hydrogens (tertiary/aromatic N) is 1. The molecule has 2 heterocycles. The molecule has 0 radical (unpaired) electrons. The van der Waals surface area contributed by atoms with Crippen LogP contribution >= 0.6 is 23.1 Å². The molecule has 0 saturated carbocycles. The van der Waals surface area contributed by atoms with Gasteiger partial charge in [0.25, 0.3) is 0 Å². The van der Waals surface area contributed by atoms with Crippen molar-refractivity contribution in [3.63, 3.8) is 0 Å². The number of thioether (sulfide) groups is 1. The van der Waals surface area contributed by atoms with E-state index in [-0.39, 0.29) is 18.0 Å². The Morgan fingerprint density at radius 2 is 2.27 bits per heavy atom. The minimum atomic E-state index is -0.162. The van der Waals surface area contributed by atoms with Crippen molar-refractivity contribution in [2.24, 2.45) is 0 Å². The fraction of sp³-hybridized carbons (Fsp3) is 0.375. The second-order valence-corrected chi connectivity index (χ2v) is 7.29. The number of nitrogens with one attached hydrogen (secondary N) is 2. The lowest BCUT2D eigenvalue weighted by Crippen LogP contribution is -2.42. The predicted molar refractivity (Wildman–Crippen MR) is 92.3 cm³/mol. The first kappa shape index (κ1) is 15.5. The van der Waals surface area contributed by atoms with Crippen molar-refractivity contribution in [2.45, 2.75) is 18.5 Å². The van der Waals surface area contributed by atoms with Gasteiger partial charge in [-0.3, -0.25) is 4.79 Å². The van der Waals surface area contributed by atoms with Gasteiger partial charge in [0.15, 0.2) is 0 Å². The van der Waals surface area contributed by atoms with E-state index in [4.69, 9.17) is 0 Å². The fourth-order valence-corrected chi connectivity index (χ4v) is 4.17. The Labute approximate surface area is 138 Å². The van der Waals surface area contributed by atoms with E-state index in [1.165, 1.54) is 0 Å². The van der Waals surface area contributed by atoms with Crippen molar-refractivity contribution in [2.75, 3.05) is 18.1 Å². The Balaban J connectivity index is 1.69. The number of thiazole rings is 1. The van der Waals surface area contributed by atoms with E-state index in [9.17, 15) is 4.79 Å². The zero-order chi connectivity index (χ0) is 15.2. The summed E-state index contributed by atoms with van der Waals surface area (Å²) in [6.07, 6.45) is 2.29. The number of hydrogen-bond donors (Lipinski definition) is 2. The summed E-state index contributed by atoms with van der Waals surface area (Å²) in [6.45, 7) is 0.983. The van der Waals surface area contributed by atoms with Crippen LogP contribution in [0.5, 0.6) is 0 Å². The molecule has 1 amide bonds. The minimum Gasteiger partial charge on any atom is -0.343 e. The van der Waals surface area contributed by atoms with Crippen molar-refractivity contribution >= 4 is 29.0 Å². The van der Waals surface area contributed by atoms with Crippen LogP contribution in [0.3, 0.4) is 0 Å². The van der Waals surface area contributed by atoms with Crippen LogP contribution in [0.1, 0.15) is 23.0 Å². The average Bonchev–Trinajstić information content (AvgIpc) is 3.08. The molecule has 6 heteroatoms. The zero-order valence-corrected chi connectivity index (χ0v) is 13.8. The molecule has 2 unspecified atom stereocenters. The molecule has 0 spiro atoms. The van der Waals surface area contributed by atoms with Crippen LogP contribution in [-0.4, -0.2) is 35.0 Å². The third kappa shape index (κ3) is 4.09. The fourth-order valence-electron chi connectivity index (χ4n) is 2.50. The first-order valence-corrected chi connectivity index (χ1v) is 9.41. The summed E-state index contributed by atoms with van der Waals surface area (Å²) < 4.78 is 0. The Morgan fingerprint density at radius 1 is 1.41 bits per heavy atom. The Kier molecular flexibility index (Phi) is 5.48. The summed E-state index contributed by atoms with van der Waals surface area (Å²) in [5.41, 5.74) is 1.07. The number of aromatic nitrogens is 1. The SMILES string of the molecule is O=C(CC1CSCCN1)NC(c1ccccc1)c1nccs1. The average molecular weight is 333 g/mol. The van der Waals surface area contributed by atoms with Gasteiger partial charge in [-0.1, -0.05) is 30.3 Å². The molecule has 0 bridgehead atoms. The van der Waals surface area contributed by atoms with Gasteiger partial charge < -0.3 is 10.6 Å². The summed E-state index contributed by atoms with van der Waals surface area (Å²) in [6, 6.07) is 10.1. The highest BCUT2D eigenvalue weighted by Crippen LogP contribution is 2.24. The molecular weight excluding hydrogens is 314 g/mol. The highest BCUT2D eigenvalue weighted by atomic mass is 32.2. The first-order chi connectivity index (χ1) is 10.8. The summed E-state index contributed by atoms with van der Waals surface area (Å²) in [7, 11) is 0. The number of rotatable bonds is 5. The molecule has 4 nitrogen and oxygen atoms in total. The van der Waals surface area contributed by atoms with E-state index in [1.54, 1.807) is 17.5 Å². The number of hydrogen-bond acceptors (Lipinski definition) is 5. The molecule has 116 valence electrons. The van der Waals surface area contributed by atoms with Gasteiger partial charge in [-0.25, -0.2) is 4.98 Å². The van der Waals surface area contributed by atoms with Crippen molar-refractivity contribution in [3.05, 3.63) is 52.5 Å². The van der Waals surface area contributed by atoms with Crippen LogP contribution in [0.2, 0.25) is 0 Å². The number of carbonyl (C=O) groups excluding carboxylic acids is 1. The van der Waals surface area contributed by atoms with Crippen LogP contribution in [0.25, 0.3) is 0 Å². The van der Waals surface area contributed by atoms with E-state index in [2.05, 4.69) is 15.6 Å². The van der Waals surface area contributed by atoms with Crippen LogP contribution in [0.15, 0.2) is 41.9 Å². The number of carbonyl (C=O) groups is 1. The molecule has 2 atom stereocenters. The van der Waals surface area contributed by atoms with E-state index >= 15 is 0 Å². The summed E-state index contributed by atoms with van der Waals surface area (Å²) >= 11 is 3.47. The lowest BCUT2D eigenvalue weighted by Gasteiger charge is -2.24. The van der Waals surface area contributed by atoms with Crippen LogP contribution in [0, 0.1) is 0 Å². The third-order valence-electron chi connectivity index (χ3n) is 3.57. The van der Waals surface area contributed by atoms with E-state index in [0.29, 0.717) is 6.42 Å². The van der Waals surface area contributed by atoms with Gasteiger partial charge in [0.1, 0.15) is 11.0 Å². The van der Waals surface area contributed by atoms with E-state index in [0.717, 1.165) is 28.6 Å². The van der Waals surface area contributed by atoms with Crippen LogP contribution in [-0.2, 0) is 4.79 Å². The second kappa shape index (κ2) is 7.76. The van der Waals surface area contributed by atoms with E-state index in [1.807, 2.05) is 47.5 Å². The standard InChI is InChI=1S/C16H19N3OS2/c20-14(10-13-11-21-8-6-17-13)19-15(16-18-7-9-22-16)12-4-2-1-3-5-12/h1-5,7,9,13,15,17H,6,8,10-11H2,(H,19,20). The van der Waals surface area contributed by atoms with Crippen molar-refractivity contribution < 1.29 is 4.79 Å². The maximum Gasteiger partial charge on any atom is 0.222 e. The quantitative estimate of drug-likeness (QED) is 0.882. The molecule has 22 heavy (non-hydrogen) atoms. The van der Waals surface area contributed by atoms with Gasteiger partial charge in [-0.05, 0) is 5.56 Å². The first-order valence-electron chi connectivity index (χ1n) is 7.38. The predicted octanol–water partition coefficient (Wildman–Crippen LogP) is 2.44.